The molecule has 150 valence electrons. The van der Waals surface area contributed by atoms with Crippen molar-refractivity contribution in [3.05, 3.63) is 57.4 Å². The van der Waals surface area contributed by atoms with Gasteiger partial charge in [0.05, 0.1) is 19.1 Å². The molecule has 0 saturated heterocycles. The van der Waals surface area contributed by atoms with Crippen LogP contribution in [0.25, 0.3) is 0 Å². The summed E-state index contributed by atoms with van der Waals surface area (Å²) in [7, 11) is 1.35. The zero-order chi connectivity index (χ0) is 21.0. The number of carbonyl (C=O) groups excluding carboxylic acids is 3. The van der Waals surface area contributed by atoms with E-state index >= 15 is 0 Å². The normalized spacial score (nSPS) is 10.6. The molecule has 2 rings (SSSR count). The van der Waals surface area contributed by atoms with Gasteiger partial charge in [0.1, 0.15) is 0 Å². The number of hydrogen-bond acceptors (Lipinski definition) is 5. The van der Waals surface area contributed by atoms with Crippen LogP contribution in [0, 0.1) is 34.6 Å². The Morgan fingerprint density at radius 3 is 2.14 bits per heavy atom. The molecule has 0 aliphatic heterocycles. The van der Waals surface area contributed by atoms with Crippen LogP contribution < -0.4 is 0 Å². The summed E-state index contributed by atoms with van der Waals surface area (Å²) < 4.78 is 11.8. The molecule has 2 aromatic rings. The summed E-state index contributed by atoms with van der Waals surface area (Å²) in [6.45, 7) is 9.46. The number of Topliss-reactive ketones (excluding diaryl/α,β-unsaturated/α-hetero) is 1. The first-order chi connectivity index (χ1) is 13.1. The number of aromatic nitrogens is 1. The standard InChI is InChI=1S/C22H27NO5/c1-13-9-14(2)21(15(3)10-13)22(26)28-12-19(24)18-11-16(4)23(17(18)5)8-7-20(25)27-6/h9-11H,7-8,12H2,1-6H3. The second kappa shape index (κ2) is 8.87. The lowest BCUT2D eigenvalue weighted by atomic mass is 10.00. The molecular formula is C22H27NO5. The predicted octanol–water partition coefficient (Wildman–Crippen LogP) is 3.63. The minimum atomic E-state index is -0.497. The number of esters is 2. The van der Waals surface area contributed by atoms with Gasteiger partial charge in [0.25, 0.3) is 0 Å². The fourth-order valence-electron chi connectivity index (χ4n) is 3.52. The molecule has 0 bridgehead atoms. The van der Waals surface area contributed by atoms with E-state index in [9.17, 15) is 14.4 Å². The van der Waals surface area contributed by atoms with Crippen molar-refractivity contribution >= 4 is 17.7 Å². The van der Waals surface area contributed by atoms with Crippen LogP contribution in [0.3, 0.4) is 0 Å². The third-order valence-electron chi connectivity index (χ3n) is 4.86. The van der Waals surface area contributed by atoms with Gasteiger partial charge in [-0.2, -0.15) is 0 Å². The van der Waals surface area contributed by atoms with E-state index in [-0.39, 0.29) is 24.8 Å². The molecule has 6 heteroatoms. The molecule has 0 fully saturated rings. The van der Waals surface area contributed by atoms with Crippen molar-refractivity contribution in [3.8, 4) is 0 Å². The summed E-state index contributed by atoms with van der Waals surface area (Å²) in [6.07, 6.45) is 0.224. The predicted molar refractivity (Wildman–Crippen MR) is 106 cm³/mol. The number of hydrogen-bond donors (Lipinski definition) is 0. The second-order valence-corrected chi connectivity index (χ2v) is 7.04. The number of ether oxygens (including phenoxy) is 2. The number of benzene rings is 1. The summed E-state index contributed by atoms with van der Waals surface area (Å²) in [6, 6.07) is 5.59. The van der Waals surface area contributed by atoms with Crippen molar-refractivity contribution in [1.29, 1.82) is 0 Å². The number of methoxy groups -OCH3 is 1. The van der Waals surface area contributed by atoms with Crippen LogP contribution >= 0.6 is 0 Å². The minimum Gasteiger partial charge on any atom is -0.469 e. The van der Waals surface area contributed by atoms with Crippen LogP contribution in [0.1, 0.15) is 55.2 Å². The summed E-state index contributed by atoms with van der Waals surface area (Å²) >= 11 is 0. The van der Waals surface area contributed by atoms with Crippen molar-refractivity contribution in [2.45, 2.75) is 47.6 Å². The molecule has 0 aliphatic carbocycles. The zero-order valence-electron chi connectivity index (χ0n) is 17.3. The Labute approximate surface area is 165 Å². The van der Waals surface area contributed by atoms with Gasteiger partial charge >= 0.3 is 11.9 Å². The lowest BCUT2D eigenvalue weighted by Gasteiger charge is -2.11. The van der Waals surface area contributed by atoms with Gasteiger partial charge < -0.3 is 14.0 Å². The fourth-order valence-corrected chi connectivity index (χ4v) is 3.52. The van der Waals surface area contributed by atoms with Crippen molar-refractivity contribution in [2.75, 3.05) is 13.7 Å². The highest BCUT2D eigenvalue weighted by Crippen LogP contribution is 2.19. The van der Waals surface area contributed by atoms with Crippen molar-refractivity contribution < 1.29 is 23.9 Å². The molecule has 0 aliphatic rings. The Bertz CT molecular complexity index is 900. The average molecular weight is 385 g/mol. The smallest absolute Gasteiger partial charge is 0.339 e. The molecule has 0 amide bonds. The van der Waals surface area contributed by atoms with Crippen LogP contribution in [0.4, 0.5) is 0 Å². The monoisotopic (exact) mass is 385 g/mol. The third kappa shape index (κ3) is 4.68. The van der Waals surface area contributed by atoms with E-state index in [2.05, 4.69) is 4.74 Å². The third-order valence-corrected chi connectivity index (χ3v) is 4.86. The quantitative estimate of drug-likeness (QED) is 0.537. The van der Waals surface area contributed by atoms with Crippen molar-refractivity contribution in [3.63, 3.8) is 0 Å². The summed E-state index contributed by atoms with van der Waals surface area (Å²) in [4.78, 5) is 36.4. The molecule has 0 N–H and O–H groups in total. The van der Waals surface area contributed by atoms with Crippen LogP contribution in [0.5, 0.6) is 0 Å². The molecule has 1 heterocycles. The highest BCUT2D eigenvalue weighted by atomic mass is 16.5. The SMILES string of the molecule is COC(=O)CCn1c(C)cc(C(=O)COC(=O)c2c(C)cc(C)cc2C)c1C. The first kappa shape index (κ1) is 21.4. The highest BCUT2D eigenvalue weighted by Gasteiger charge is 2.20. The Balaban J connectivity index is 2.10. The zero-order valence-corrected chi connectivity index (χ0v) is 17.3. The van der Waals surface area contributed by atoms with Crippen molar-refractivity contribution in [1.82, 2.24) is 4.57 Å². The molecule has 1 aromatic carbocycles. The van der Waals surface area contributed by atoms with Crippen LogP contribution in [-0.4, -0.2) is 36.0 Å². The van der Waals surface area contributed by atoms with Gasteiger partial charge in [-0.3, -0.25) is 9.59 Å². The fraction of sp³-hybridized carbons (Fsp3) is 0.409. The lowest BCUT2D eigenvalue weighted by Crippen LogP contribution is -2.17. The van der Waals surface area contributed by atoms with Gasteiger partial charge in [-0.05, 0) is 51.8 Å². The Morgan fingerprint density at radius 1 is 0.964 bits per heavy atom. The number of nitrogens with zero attached hydrogens (tertiary/aromatic N) is 1. The van der Waals surface area contributed by atoms with Crippen molar-refractivity contribution in [2.24, 2.45) is 0 Å². The molecule has 0 spiro atoms. The lowest BCUT2D eigenvalue weighted by molar-refractivity contribution is -0.140. The second-order valence-electron chi connectivity index (χ2n) is 7.04. The molecular weight excluding hydrogens is 358 g/mol. The molecule has 0 radical (unpaired) electrons. The van der Waals surface area contributed by atoms with E-state index in [1.54, 1.807) is 6.07 Å². The van der Waals surface area contributed by atoms with Gasteiger partial charge in [0.15, 0.2) is 6.61 Å². The summed E-state index contributed by atoms with van der Waals surface area (Å²) in [5.74, 6) is -1.07. The highest BCUT2D eigenvalue weighted by molar-refractivity contribution is 6.01. The van der Waals surface area contributed by atoms with E-state index in [1.807, 2.05) is 51.3 Å². The summed E-state index contributed by atoms with van der Waals surface area (Å²) in [5, 5.41) is 0. The van der Waals surface area contributed by atoms with Gasteiger partial charge in [0, 0.05) is 23.5 Å². The molecule has 0 unspecified atom stereocenters. The maximum atomic E-state index is 12.6. The van der Waals surface area contributed by atoms with E-state index in [0.717, 1.165) is 28.1 Å². The Kier molecular flexibility index (Phi) is 6.78. The van der Waals surface area contributed by atoms with E-state index in [1.165, 1.54) is 7.11 Å². The van der Waals surface area contributed by atoms with Crippen LogP contribution in [0.2, 0.25) is 0 Å². The summed E-state index contributed by atoms with van der Waals surface area (Å²) in [5.41, 5.74) is 5.33. The Morgan fingerprint density at radius 2 is 1.57 bits per heavy atom. The molecule has 0 saturated carbocycles. The van der Waals surface area contributed by atoms with Crippen LogP contribution in [0.15, 0.2) is 18.2 Å². The van der Waals surface area contributed by atoms with Crippen LogP contribution in [-0.2, 0) is 20.8 Å². The minimum absolute atomic E-state index is 0.224. The first-order valence-corrected chi connectivity index (χ1v) is 9.17. The van der Waals surface area contributed by atoms with Gasteiger partial charge in [-0.25, -0.2) is 4.79 Å². The number of carbonyl (C=O) groups is 3. The number of aryl methyl sites for hydroxylation is 4. The average Bonchev–Trinajstić information content (AvgIpc) is 2.90. The van der Waals surface area contributed by atoms with E-state index < -0.39 is 5.97 Å². The molecule has 28 heavy (non-hydrogen) atoms. The van der Waals surface area contributed by atoms with Gasteiger partial charge in [-0.1, -0.05) is 17.7 Å². The molecule has 1 aromatic heterocycles. The first-order valence-electron chi connectivity index (χ1n) is 9.17. The van der Waals surface area contributed by atoms with Gasteiger partial charge in [0.2, 0.25) is 5.78 Å². The largest absolute Gasteiger partial charge is 0.469 e. The molecule has 6 nitrogen and oxygen atoms in total. The molecule has 0 atom stereocenters. The maximum Gasteiger partial charge on any atom is 0.339 e. The van der Waals surface area contributed by atoms with E-state index in [0.29, 0.717) is 17.7 Å². The topological polar surface area (TPSA) is 74.6 Å². The maximum absolute atomic E-state index is 12.6. The number of rotatable bonds is 7. The van der Waals surface area contributed by atoms with Gasteiger partial charge in [-0.15, -0.1) is 0 Å². The number of ketones is 1. The van der Waals surface area contributed by atoms with E-state index in [4.69, 9.17) is 4.74 Å². The Hall–Kier alpha value is -2.89.